The number of rotatable bonds is 9. The number of carboxylic acids is 1. The van der Waals surface area contributed by atoms with Gasteiger partial charge in [-0.3, -0.25) is 14.5 Å². The lowest BCUT2D eigenvalue weighted by atomic mass is 9.87. The van der Waals surface area contributed by atoms with Gasteiger partial charge in [0, 0.05) is 36.9 Å². The highest BCUT2D eigenvalue weighted by Gasteiger charge is 2.40. The molecule has 1 aromatic carbocycles. The molecule has 8 nitrogen and oxygen atoms in total. The molecule has 3 atom stereocenters. The van der Waals surface area contributed by atoms with Crippen LogP contribution < -0.4 is 16.4 Å². The molecule has 6 N–H and O–H groups in total. The summed E-state index contributed by atoms with van der Waals surface area (Å²) in [5.74, 6) is -2.36. The number of nitrogens with zero attached hydrogens (tertiary/aromatic N) is 2. The van der Waals surface area contributed by atoms with Gasteiger partial charge in [-0.1, -0.05) is 13.8 Å². The van der Waals surface area contributed by atoms with Crippen molar-refractivity contribution < 1.29 is 24.2 Å². The Morgan fingerprint density at radius 2 is 1.97 bits per heavy atom. The Bertz CT molecular complexity index is 802. The van der Waals surface area contributed by atoms with Gasteiger partial charge in [0.05, 0.1) is 18.6 Å². The van der Waals surface area contributed by atoms with Crippen LogP contribution in [0.5, 0.6) is 0 Å². The molecule has 1 heterocycles. The second-order valence-electron chi connectivity index (χ2n) is 9.31. The number of piperazine rings is 1. The van der Waals surface area contributed by atoms with Crippen LogP contribution in [0.4, 0.5) is 10.1 Å². The zero-order chi connectivity index (χ0) is 23.5. The summed E-state index contributed by atoms with van der Waals surface area (Å²) in [5.41, 5.74) is 12.6. The molecule has 0 radical (unpaired) electrons. The van der Waals surface area contributed by atoms with Crippen LogP contribution in [0, 0.1) is 17.7 Å². The number of benzene rings is 1. The van der Waals surface area contributed by atoms with Gasteiger partial charge in [-0.05, 0) is 49.9 Å². The summed E-state index contributed by atoms with van der Waals surface area (Å²) in [6, 6.07) is 3.50. The van der Waals surface area contributed by atoms with E-state index in [1.54, 1.807) is 24.8 Å². The molecule has 0 saturated carbocycles. The van der Waals surface area contributed by atoms with Gasteiger partial charge in [-0.15, -0.1) is 0 Å². The molecule has 174 valence electrons. The lowest BCUT2D eigenvalue weighted by Gasteiger charge is -2.48. The normalized spacial score (nSPS) is 20.0. The fraction of sp³-hybridized carbons (Fsp3) is 0.636. The number of hydrogen-bond acceptors (Lipinski definition) is 6. The molecule has 31 heavy (non-hydrogen) atoms. The lowest BCUT2D eigenvalue weighted by Crippen LogP contribution is -2.64. The molecule has 1 aromatic rings. The van der Waals surface area contributed by atoms with Crippen molar-refractivity contribution in [3.8, 4) is 0 Å². The van der Waals surface area contributed by atoms with Crippen molar-refractivity contribution >= 4 is 17.6 Å². The van der Waals surface area contributed by atoms with Crippen LogP contribution in [-0.4, -0.2) is 64.3 Å². The van der Waals surface area contributed by atoms with Crippen LogP contribution >= 0.6 is 0 Å². The quantitative estimate of drug-likeness (QED) is 0.454. The first kappa shape index (κ1) is 25.2. The van der Waals surface area contributed by atoms with Crippen LogP contribution in [-0.2, 0) is 16.1 Å². The maximum absolute atomic E-state index is 13.6. The largest absolute Gasteiger partial charge is 0.481 e. The first-order valence-electron chi connectivity index (χ1n) is 10.6. The van der Waals surface area contributed by atoms with Crippen molar-refractivity contribution in [2.75, 3.05) is 24.5 Å². The molecule has 1 saturated heterocycles. The van der Waals surface area contributed by atoms with Crippen LogP contribution in [0.1, 0.15) is 39.7 Å². The molecule has 0 aromatic heterocycles. The maximum atomic E-state index is 13.6. The first-order chi connectivity index (χ1) is 14.4. The van der Waals surface area contributed by atoms with E-state index in [1.807, 2.05) is 18.7 Å². The third-order valence-corrected chi connectivity index (χ3v) is 6.12. The van der Waals surface area contributed by atoms with Gasteiger partial charge in [-0.2, -0.15) is 0 Å². The monoisotopic (exact) mass is 438 g/mol. The summed E-state index contributed by atoms with van der Waals surface area (Å²) >= 11 is 0. The molecule has 1 amide bonds. The number of carbonyl (C=O) groups is 2. The number of halogens is 1. The third-order valence-electron chi connectivity index (χ3n) is 6.12. The molecule has 9 heteroatoms. The summed E-state index contributed by atoms with van der Waals surface area (Å²) in [7, 11) is 0. The number of amides is 1. The van der Waals surface area contributed by atoms with E-state index in [-0.39, 0.29) is 37.9 Å². The summed E-state index contributed by atoms with van der Waals surface area (Å²) < 4.78 is 13.6. The third kappa shape index (κ3) is 6.00. The Balaban J connectivity index is 2.12. The van der Waals surface area contributed by atoms with E-state index in [1.165, 1.54) is 12.1 Å². The standard InChI is InChI=1S/C22H35FN4O4/c1-13(2)16(21(30)31)8-19(28)17(25)10-26-11-20(29)27(12-22(26,3)4)18-6-5-15(23)7-14(18)9-24/h5-7,13,16-17,19,28H,8-12,24-25H2,1-4H3,(H,30,31). The van der Waals surface area contributed by atoms with Crippen molar-refractivity contribution in [3.63, 3.8) is 0 Å². The van der Waals surface area contributed by atoms with Gasteiger partial charge in [0.1, 0.15) is 5.82 Å². The topological polar surface area (TPSA) is 133 Å². The molecule has 2 rings (SSSR count). The number of nitrogens with two attached hydrogens (primary N) is 2. The van der Waals surface area contributed by atoms with Crippen LogP contribution in [0.15, 0.2) is 18.2 Å². The molecule has 1 aliphatic rings. The maximum Gasteiger partial charge on any atom is 0.306 e. The van der Waals surface area contributed by atoms with Gasteiger partial charge in [-0.25, -0.2) is 4.39 Å². The Morgan fingerprint density at radius 3 is 2.52 bits per heavy atom. The number of aliphatic hydroxyl groups is 1. The highest BCUT2D eigenvalue weighted by atomic mass is 19.1. The molecular formula is C22H35FN4O4. The van der Waals surface area contributed by atoms with Crippen molar-refractivity contribution in [2.24, 2.45) is 23.3 Å². The summed E-state index contributed by atoms with van der Waals surface area (Å²) in [4.78, 5) is 27.9. The van der Waals surface area contributed by atoms with Gasteiger partial charge >= 0.3 is 5.97 Å². The zero-order valence-electron chi connectivity index (χ0n) is 18.7. The van der Waals surface area contributed by atoms with Crippen LogP contribution in [0.2, 0.25) is 0 Å². The highest BCUT2D eigenvalue weighted by Crippen LogP contribution is 2.30. The van der Waals surface area contributed by atoms with E-state index in [4.69, 9.17) is 11.5 Å². The summed E-state index contributed by atoms with van der Waals surface area (Å²) in [5, 5.41) is 19.9. The Morgan fingerprint density at radius 1 is 1.32 bits per heavy atom. The number of carboxylic acid groups (broad SMARTS) is 1. The van der Waals surface area contributed by atoms with E-state index < -0.39 is 35.4 Å². The average Bonchev–Trinajstić information content (AvgIpc) is 2.67. The second kappa shape index (κ2) is 10.0. The van der Waals surface area contributed by atoms with Crippen molar-refractivity contribution in [1.29, 1.82) is 0 Å². The fourth-order valence-electron chi connectivity index (χ4n) is 4.02. The predicted octanol–water partition coefficient (Wildman–Crippen LogP) is 1.15. The van der Waals surface area contributed by atoms with E-state index in [0.717, 1.165) is 0 Å². The van der Waals surface area contributed by atoms with Crippen LogP contribution in [0.3, 0.4) is 0 Å². The van der Waals surface area contributed by atoms with E-state index in [0.29, 0.717) is 17.8 Å². The summed E-state index contributed by atoms with van der Waals surface area (Å²) in [6.45, 7) is 8.28. The molecular weight excluding hydrogens is 403 g/mol. The minimum atomic E-state index is -1.01. The van der Waals surface area contributed by atoms with E-state index in [9.17, 15) is 24.2 Å². The smallest absolute Gasteiger partial charge is 0.306 e. The Hall–Kier alpha value is -2.07. The number of carbonyl (C=O) groups excluding carboxylic acids is 1. The lowest BCUT2D eigenvalue weighted by molar-refractivity contribution is -0.144. The second-order valence-corrected chi connectivity index (χ2v) is 9.31. The number of aliphatic carboxylic acids is 1. The van der Waals surface area contributed by atoms with E-state index >= 15 is 0 Å². The van der Waals surface area contributed by atoms with Crippen molar-refractivity contribution in [3.05, 3.63) is 29.6 Å². The average molecular weight is 439 g/mol. The molecule has 3 unspecified atom stereocenters. The molecule has 1 fully saturated rings. The highest BCUT2D eigenvalue weighted by molar-refractivity contribution is 5.96. The molecule has 0 aliphatic carbocycles. The molecule has 1 aliphatic heterocycles. The van der Waals surface area contributed by atoms with Crippen molar-refractivity contribution in [1.82, 2.24) is 4.90 Å². The fourth-order valence-corrected chi connectivity index (χ4v) is 4.02. The van der Waals surface area contributed by atoms with E-state index in [2.05, 4.69) is 0 Å². The Kier molecular flexibility index (Phi) is 8.15. The van der Waals surface area contributed by atoms with Gasteiger partial charge in [0.2, 0.25) is 5.91 Å². The molecule has 0 bridgehead atoms. The minimum absolute atomic E-state index is 0.0535. The van der Waals surface area contributed by atoms with Crippen molar-refractivity contribution in [2.45, 2.75) is 58.3 Å². The van der Waals surface area contributed by atoms with Gasteiger partial charge in [0.25, 0.3) is 0 Å². The van der Waals surface area contributed by atoms with Gasteiger partial charge < -0.3 is 26.6 Å². The zero-order valence-corrected chi connectivity index (χ0v) is 18.7. The van der Waals surface area contributed by atoms with Gasteiger partial charge in [0.15, 0.2) is 0 Å². The van der Waals surface area contributed by atoms with Crippen LogP contribution in [0.25, 0.3) is 0 Å². The number of hydrogen-bond donors (Lipinski definition) is 4. The predicted molar refractivity (Wildman–Crippen MR) is 117 cm³/mol. The minimum Gasteiger partial charge on any atom is -0.481 e. The number of aliphatic hydroxyl groups excluding tert-OH is 1. The first-order valence-corrected chi connectivity index (χ1v) is 10.6. The SMILES string of the molecule is CC(C)C(CC(O)C(N)CN1CC(=O)N(c2ccc(F)cc2CN)CC1(C)C)C(=O)O. The Labute approximate surface area is 183 Å². The molecule has 0 spiro atoms. The number of anilines is 1. The summed E-state index contributed by atoms with van der Waals surface area (Å²) in [6.07, 6.45) is -0.953.